The van der Waals surface area contributed by atoms with Gasteiger partial charge in [0.15, 0.2) is 11.6 Å². The number of rotatable bonds is 3. The quantitative estimate of drug-likeness (QED) is 0.928. The third-order valence-electron chi connectivity index (χ3n) is 4.02. The summed E-state index contributed by atoms with van der Waals surface area (Å²) in [6, 6.07) is 11.9. The van der Waals surface area contributed by atoms with Crippen LogP contribution < -0.4 is 10.1 Å². The van der Waals surface area contributed by atoms with Gasteiger partial charge >= 0.3 is 0 Å². The van der Waals surface area contributed by atoms with Crippen LogP contribution in [-0.4, -0.2) is 13.7 Å². The lowest BCUT2D eigenvalue weighted by Gasteiger charge is -2.32. The van der Waals surface area contributed by atoms with Crippen LogP contribution in [0.5, 0.6) is 5.75 Å². The van der Waals surface area contributed by atoms with E-state index in [4.69, 9.17) is 4.74 Å². The summed E-state index contributed by atoms with van der Waals surface area (Å²) in [6.07, 6.45) is 0.835. The number of para-hydroxylation sites is 1. The molecule has 1 N–H and O–H groups in total. The molecule has 0 aromatic heterocycles. The van der Waals surface area contributed by atoms with Crippen molar-refractivity contribution >= 4 is 0 Å². The number of nitrogens with one attached hydrogen (secondary N) is 1. The summed E-state index contributed by atoms with van der Waals surface area (Å²) in [4.78, 5) is 0. The SMILES string of the molecule is CNC(c1ccc(F)c(F)c1)C1CCOc2ccccc21. The minimum absolute atomic E-state index is 0.0786. The first-order valence-electron chi connectivity index (χ1n) is 7.04. The second kappa shape index (κ2) is 5.82. The smallest absolute Gasteiger partial charge is 0.159 e. The van der Waals surface area contributed by atoms with Crippen LogP contribution in [0.1, 0.15) is 29.5 Å². The summed E-state index contributed by atoms with van der Waals surface area (Å²) in [6.45, 7) is 0.629. The Morgan fingerprint density at radius 3 is 2.71 bits per heavy atom. The Balaban J connectivity index is 1.99. The van der Waals surface area contributed by atoms with Gasteiger partial charge in [0.1, 0.15) is 5.75 Å². The molecule has 0 bridgehead atoms. The summed E-state index contributed by atoms with van der Waals surface area (Å²) >= 11 is 0. The number of benzene rings is 2. The van der Waals surface area contributed by atoms with E-state index in [2.05, 4.69) is 5.32 Å². The standard InChI is InChI=1S/C17H17F2NO/c1-20-17(11-6-7-14(18)15(19)10-11)13-8-9-21-16-5-3-2-4-12(13)16/h2-7,10,13,17,20H,8-9H2,1H3. The van der Waals surface area contributed by atoms with Gasteiger partial charge in [-0.1, -0.05) is 24.3 Å². The van der Waals surface area contributed by atoms with Gasteiger partial charge in [0, 0.05) is 12.0 Å². The monoisotopic (exact) mass is 289 g/mol. The Bertz CT molecular complexity index is 644. The molecule has 0 aliphatic carbocycles. The lowest BCUT2D eigenvalue weighted by molar-refractivity contribution is 0.248. The molecule has 0 saturated carbocycles. The average molecular weight is 289 g/mol. The predicted molar refractivity (Wildman–Crippen MR) is 77.5 cm³/mol. The maximum Gasteiger partial charge on any atom is 0.159 e. The zero-order valence-electron chi connectivity index (χ0n) is 11.8. The zero-order valence-corrected chi connectivity index (χ0v) is 11.8. The van der Waals surface area contributed by atoms with Gasteiger partial charge in [-0.05, 0) is 42.8 Å². The third kappa shape index (κ3) is 2.63. The van der Waals surface area contributed by atoms with Gasteiger partial charge in [-0.3, -0.25) is 0 Å². The second-order valence-electron chi connectivity index (χ2n) is 5.22. The normalized spacial score (nSPS) is 18.7. The molecule has 4 heteroatoms. The highest BCUT2D eigenvalue weighted by Gasteiger charge is 2.29. The van der Waals surface area contributed by atoms with E-state index < -0.39 is 11.6 Å². The molecule has 0 amide bonds. The summed E-state index contributed by atoms with van der Waals surface area (Å²) in [7, 11) is 1.84. The summed E-state index contributed by atoms with van der Waals surface area (Å²) in [5.41, 5.74) is 1.85. The highest BCUT2D eigenvalue weighted by atomic mass is 19.2. The Hall–Kier alpha value is -1.94. The first kappa shape index (κ1) is 14.0. The van der Waals surface area contributed by atoms with Crippen molar-refractivity contribution in [2.75, 3.05) is 13.7 Å². The molecular formula is C17H17F2NO. The van der Waals surface area contributed by atoms with E-state index in [0.717, 1.165) is 23.3 Å². The van der Waals surface area contributed by atoms with Gasteiger partial charge in [-0.2, -0.15) is 0 Å². The Labute approximate surface area is 122 Å². The van der Waals surface area contributed by atoms with Crippen LogP contribution in [0.2, 0.25) is 0 Å². The van der Waals surface area contributed by atoms with Gasteiger partial charge in [0.25, 0.3) is 0 Å². The van der Waals surface area contributed by atoms with Crippen molar-refractivity contribution in [1.29, 1.82) is 0 Å². The van der Waals surface area contributed by atoms with Crippen molar-refractivity contribution < 1.29 is 13.5 Å². The Morgan fingerprint density at radius 2 is 1.95 bits per heavy atom. The number of fused-ring (bicyclic) bond motifs is 1. The van der Waals surface area contributed by atoms with E-state index in [-0.39, 0.29) is 12.0 Å². The fraction of sp³-hybridized carbons (Fsp3) is 0.294. The molecule has 2 aromatic rings. The molecule has 2 unspecified atom stereocenters. The van der Waals surface area contributed by atoms with Crippen LogP contribution in [0.25, 0.3) is 0 Å². The van der Waals surface area contributed by atoms with Gasteiger partial charge in [0.2, 0.25) is 0 Å². The summed E-state index contributed by atoms with van der Waals surface area (Å²) in [5, 5.41) is 3.23. The third-order valence-corrected chi connectivity index (χ3v) is 4.02. The fourth-order valence-corrected chi connectivity index (χ4v) is 3.02. The topological polar surface area (TPSA) is 21.3 Å². The van der Waals surface area contributed by atoms with E-state index in [1.165, 1.54) is 12.1 Å². The molecule has 110 valence electrons. The first-order chi connectivity index (χ1) is 10.2. The molecule has 0 radical (unpaired) electrons. The predicted octanol–water partition coefficient (Wildman–Crippen LogP) is 3.79. The van der Waals surface area contributed by atoms with Gasteiger partial charge < -0.3 is 10.1 Å². The second-order valence-corrected chi connectivity index (χ2v) is 5.22. The molecule has 0 fully saturated rings. The van der Waals surface area contributed by atoms with Crippen LogP contribution in [-0.2, 0) is 0 Å². The van der Waals surface area contributed by atoms with Gasteiger partial charge in [0.05, 0.1) is 6.61 Å². The maximum atomic E-state index is 13.5. The van der Waals surface area contributed by atoms with E-state index in [1.54, 1.807) is 6.07 Å². The van der Waals surface area contributed by atoms with Crippen LogP contribution in [0, 0.1) is 11.6 Å². The fourth-order valence-electron chi connectivity index (χ4n) is 3.02. The lowest BCUT2D eigenvalue weighted by Crippen LogP contribution is -2.28. The summed E-state index contributed by atoms with van der Waals surface area (Å²) in [5.74, 6) is -0.588. The van der Waals surface area contributed by atoms with Crippen LogP contribution in [0.15, 0.2) is 42.5 Å². The molecule has 0 saturated heterocycles. The molecule has 1 aliphatic heterocycles. The van der Waals surface area contributed by atoms with Crippen molar-refractivity contribution in [3.63, 3.8) is 0 Å². The number of halogens is 2. The van der Waals surface area contributed by atoms with Crippen molar-refractivity contribution in [2.45, 2.75) is 18.4 Å². The minimum atomic E-state index is -0.819. The van der Waals surface area contributed by atoms with Gasteiger partial charge in [-0.25, -0.2) is 8.78 Å². The molecule has 1 aliphatic rings. The van der Waals surface area contributed by atoms with Crippen molar-refractivity contribution in [1.82, 2.24) is 5.32 Å². The first-order valence-corrected chi connectivity index (χ1v) is 7.04. The number of hydrogen-bond acceptors (Lipinski definition) is 2. The van der Waals surface area contributed by atoms with E-state index in [1.807, 2.05) is 31.3 Å². The van der Waals surface area contributed by atoms with Crippen molar-refractivity contribution in [3.05, 3.63) is 65.2 Å². The Kier molecular flexibility index (Phi) is 3.88. The van der Waals surface area contributed by atoms with Gasteiger partial charge in [-0.15, -0.1) is 0 Å². The Morgan fingerprint density at radius 1 is 1.14 bits per heavy atom. The van der Waals surface area contributed by atoms with Crippen molar-refractivity contribution in [2.24, 2.45) is 0 Å². The van der Waals surface area contributed by atoms with Crippen LogP contribution in [0.3, 0.4) is 0 Å². The highest BCUT2D eigenvalue weighted by molar-refractivity contribution is 5.40. The zero-order chi connectivity index (χ0) is 14.8. The van der Waals surface area contributed by atoms with E-state index in [9.17, 15) is 8.78 Å². The molecule has 0 spiro atoms. The molecule has 21 heavy (non-hydrogen) atoms. The number of hydrogen-bond donors (Lipinski definition) is 1. The highest BCUT2D eigenvalue weighted by Crippen LogP contribution is 2.41. The number of likely N-dealkylation sites (N-methyl/N-ethyl adjacent to an activating group) is 1. The maximum absolute atomic E-state index is 13.5. The molecule has 3 rings (SSSR count). The van der Waals surface area contributed by atoms with Crippen LogP contribution in [0.4, 0.5) is 8.78 Å². The molecule has 1 heterocycles. The minimum Gasteiger partial charge on any atom is -0.493 e. The molecular weight excluding hydrogens is 272 g/mol. The summed E-state index contributed by atoms with van der Waals surface area (Å²) < 4.78 is 32.3. The number of ether oxygens (including phenoxy) is 1. The van der Waals surface area contributed by atoms with E-state index in [0.29, 0.717) is 6.61 Å². The van der Waals surface area contributed by atoms with Crippen LogP contribution >= 0.6 is 0 Å². The molecule has 2 atom stereocenters. The lowest BCUT2D eigenvalue weighted by atomic mass is 9.83. The largest absolute Gasteiger partial charge is 0.493 e. The van der Waals surface area contributed by atoms with E-state index >= 15 is 0 Å². The molecule has 2 nitrogen and oxygen atoms in total. The average Bonchev–Trinajstić information content (AvgIpc) is 2.52. The van der Waals surface area contributed by atoms with Crippen molar-refractivity contribution in [3.8, 4) is 5.75 Å². The molecule has 2 aromatic carbocycles.